The normalized spacial score (nSPS) is 32.9. The van der Waals surface area contributed by atoms with Gasteiger partial charge in [0.05, 0.1) is 6.04 Å². The predicted octanol–water partition coefficient (Wildman–Crippen LogP) is 4.38. The lowest BCUT2D eigenvalue weighted by Crippen LogP contribution is -2.48. The van der Waals surface area contributed by atoms with Crippen molar-refractivity contribution in [2.24, 2.45) is 4.99 Å². The number of thiophene rings is 1. The maximum atomic E-state index is 5.03. The van der Waals surface area contributed by atoms with E-state index >= 15 is 0 Å². The number of hydrogen-bond acceptors (Lipinski definition) is 3. The first-order chi connectivity index (χ1) is 9.20. The lowest BCUT2D eigenvalue weighted by molar-refractivity contribution is 0.388. The second-order valence-electron chi connectivity index (χ2n) is 5.78. The average Bonchev–Trinajstić information content (AvgIpc) is 2.88. The minimum absolute atomic E-state index is 0.246. The summed E-state index contributed by atoms with van der Waals surface area (Å²) < 4.78 is 0. The molecule has 0 bridgehead atoms. The molecule has 1 fully saturated rings. The summed E-state index contributed by atoms with van der Waals surface area (Å²) >= 11 is 3.79. The molecule has 2 unspecified atom stereocenters. The van der Waals surface area contributed by atoms with Gasteiger partial charge in [-0.2, -0.15) is 0 Å². The molecule has 3 rings (SSSR count). The maximum Gasteiger partial charge on any atom is 0.157 e. The number of nitrogens with one attached hydrogen (secondary N) is 1. The quantitative estimate of drug-likeness (QED) is 0.875. The Morgan fingerprint density at radius 2 is 2.42 bits per heavy atom. The predicted molar refractivity (Wildman–Crippen MR) is 86.3 cm³/mol. The van der Waals surface area contributed by atoms with Crippen LogP contribution in [0.15, 0.2) is 16.4 Å². The summed E-state index contributed by atoms with van der Waals surface area (Å²) in [7, 11) is 0. The second kappa shape index (κ2) is 5.49. The molecule has 2 aliphatic rings. The van der Waals surface area contributed by atoms with Crippen molar-refractivity contribution in [1.82, 2.24) is 5.32 Å². The molecule has 0 spiro atoms. The van der Waals surface area contributed by atoms with Crippen LogP contribution in [0.1, 0.15) is 56.0 Å². The second-order valence-corrected chi connectivity index (χ2v) is 7.86. The van der Waals surface area contributed by atoms with Crippen LogP contribution in [0.5, 0.6) is 0 Å². The van der Waals surface area contributed by atoms with Crippen LogP contribution in [0, 0.1) is 0 Å². The highest BCUT2D eigenvalue weighted by Crippen LogP contribution is 2.37. The van der Waals surface area contributed by atoms with Gasteiger partial charge in [0.1, 0.15) is 0 Å². The third kappa shape index (κ3) is 2.84. The zero-order valence-corrected chi connectivity index (χ0v) is 13.4. The molecule has 1 aliphatic carbocycles. The fraction of sp³-hybridized carbons (Fsp3) is 0.667. The highest BCUT2D eigenvalue weighted by atomic mass is 32.2. The van der Waals surface area contributed by atoms with E-state index in [4.69, 9.17) is 4.99 Å². The third-order valence-electron chi connectivity index (χ3n) is 4.38. The molecular weight excluding hydrogens is 272 g/mol. The van der Waals surface area contributed by atoms with E-state index in [2.05, 4.69) is 30.6 Å². The number of aryl methyl sites for hydroxylation is 1. The minimum atomic E-state index is 0.246. The highest BCUT2D eigenvalue weighted by molar-refractivity contribution is 8.13. The lowest BCUT2D eigenvalue weighted by Gasteiger charge is -2.35. The summed E-state index contributed by atoms with van der Waals surface area (Å²) in [5.74, 6) is 1.19. The van der Waals surface area contributed by atoms with Crippen LogP contribution in [-0.4, -0.2) is 16.5 Å². The SMILES string of the molecule is CCC1(C)CCSC(=NC2CCCc3sccc32)N1. The zero-order valence-electron chi connectivity index (χ0n) is 11.7. The van der Waals surface area contributed by atoms with Gasteiger partial charge in [-0.15, -0.1) is 11.3 Å². The van der Waals surface area contributed by atoms with Gasteiger partial charge in [0, 0.05) is 16.2 Å². The monoisotopic (exact) mass is 294 g/mol. The molecule has 2 nitrogen and oxygen atoms in total. The van der Waals surface area contributed by atoms with E-state index in [0.717, 1.165) is 0 Å². The molecule has 4 heteroatoms. The van der Waals surface area contributed by atoms with Crippen LogP contribution in [0.3, 0.4) is 0 Å². The molecule has 1 aliphatic heterocycles. The van der Waals surface area contributed by atoms with Gasteiger partial charge in [-0.25, -0.2) is 0 Å². The van der Waals surface area contributed by atoms with Crippen molar-refractivity contribution >= 4 is 28.3 Å². The van der Waals surface area contributed by atoms with Crippen molar-refractivity contribution in [3.8, 4) is 0 Å². The Labute approximate surface area is 124 Å². The number of fused-ring (bicyclic) bond motifs is 1. The standard InChI is InChI=1S/C15H22N2S2/c1-3-15(2)8-10-19-14(17-15)16-12-5-4-6-13-11(12)7-9-18-13/h7,9,12H,3-6,8,10H2,1-2H3,(H,16,17). The summed E-state index contributed by atoms with van der Waals surface area (Å²) in [5.41, 5.74) is 1.73. The molecule has 1 aromatic rings. The lowest BCUT2D eigenvalue weighted by atomic mass is 9.94. The molecule has 2 heterocycles. The summed E-state index contributed by atoms with van der Waals surface area (Å²) in [6.45, 7) is 4.58. The van der Waals surface area contributed by atoms with Gasteiger partial charge in [-0.1, -0.05) is 18.7 Å². The molecule has 104 valence electrons. The van der Waals surface area contributed by atoms with Crippen LogP contribution in [0.4, 0.5) is 0 Å². The Morgan fingerprint density at radius 1 is 1.53 bits per heavy atom. The molecule has 0 aromatic carbocycles. The fourth-order valence-electron chi connectivity index (χ4n) is 2.80. The molecule has 2 atom stereocenters. The largest absolute Gasteiger partial charge is 0.360 e. The number of hydrogen-bond donors (Lipinski definition) is 1. The van der Waals surface area contributed by atoms with Crippen LogP contribution in [-0.2, 0) is 6.42 Å². The van der Waals surface area contributed by atoms with Crippen LogP contribution in [0.2, 0.25) is 0 Å². The highest BCUT2D eigenvalue weighted by Gasteiger charge is 2.29. The van der Waals surface area contributed by atoms with Gasteiger partial charge >= 0.3 is 0 Å². The first kappa shape index (κ1) is 13.5. The molecule has 1 saturated heterocycles. The van der Waals surface area contributed by atoms with E-state index in [1.807, 2.05) is 23.1 Å². The molecule has 1 N–H and O–H groups in total. The minimum Gasteiger partial charge on any atom is -0.360 e. The van der Waals surface area contributed by atoms with Crippen molar-refractivity contribution in [2.45, 2.75) is 57.5 Å². The third-order valence-corrected chi connectivity index (χ3v) is 6.26. The number of rotatable bonds is 2. The van der Waals surface area contributed by atoms with Gasteiger partial charge in [-0.05, 0) is 56.0 Å². The van der Waals surface area contributed by atoms with Crippen molar-refractivity contribution in [3.63, 3.8) is 0 Å². The molecule has 1 aromatic heterocycles. The van der Waals surface area contributed by atoms with E-state index in [-0.39, 0.29) is 5.54 Å². The smallest absolute Gasteiger partial charge is 0.157 e. The van der Waals surface area contributed by atoms with Crippen molar-refractivity contribution < 1.29 is 0 Å². The molecule has 0 amide bonds. The zero-order chi connectivity index (χ0) is 13.3. The molecule has 19 heavy (non-hydrogen) atoms. The summed E-state index contributed by atoms with van der Waals surface area (Å²) in [6, 6.07) is 2.67. The van der Waals surface area contributed by atoms with Gasteiger partial charge in [0.2, 0.25) is 0 Å². The number of amidine groups is 1. The Balaban J connectivity index is 1.79. The van der Waals surface area contributed by atoms with Crippen LogP contribution >= 0.6 is 23.1 Å². The maximum absolute atomic E-state index is 5.03. The molecule has 0 saturated carbocycles. The Bertz CT molecular complexity index is 480. The van der Waals surface area contributed by atoms with Crippen LogP contribution < -0.4 is 5.32 Å². The van der Waals surface area contributed by atoms with Gasteiger partial charge < -0.3 is 5.32 Å². The number of thioether (sulfide) groups is 1. The number of nitrogens with zero attached hydrogens (tertiary/aromatic N) is 1. The van der Waals surface area contributed by atoms with E-state index < -0.39 is 0 Å². The average molecular weight is 294 g/mol. The van der Waals surface area contributed by atoms with E-state index in [9.17, 15) is 0 Å². The van der Waals surface area contributed by atoms with E-state index in [1.54, 1.807) is 4.88 Å². The van der Waals surface area contributed by atoms with Gasteiger partial charge in [0.25, 0.3) is 0 Å². The molecular formula is C15H22N2S2. The first-order valence-electron chi connectivity index (χ1n) is 7.25. The summed E-state index contributed by atoms with van der Waals surface area (Å²) in [5, 5.41) is 7.06. The number of aliphatic imine (C=N–C) groups is 1. The van der Waals surface area contributed by atoms with Crippen molar-refractivity contribution in [1.29, 1.82) is 0 Å². The fourth-order valence-corrected chi connectivity index (χ4v) is 5.05. The first-order valence-corrected chi connectivity index (χ1v) is 9.12. The van der Waals surface area contributed by atoms with Crippen molar-refractivity contribution in [3.05, 3.63) is 21.9 Å². The molecule has 0 radical (unpaired) electrons. The van der Waals surface area contributed by atoms with Crippen molar-refractivity contribution in [2.75, 3.05) is 5.75 Å². The van der Waals surface area contributed by atoms with Gasteiger partial charge in [0.15, 0.2) is 5.17 Å². The Hall–Kier alpha value is -0.480. The van der Waals surface area contributed by atoms with Gasteiger partial charge in [-0.3, -0.25) is 4.99 Å². The Morgan fingerprint density at radius 3 is 3.26 bits per heavy atom. The Kier molecular flexibility index (Phi) is 3.90. The topological polar surface area (TPSA) is 24.4 Å². The van der Waals surface area contributed by atoms with Crippen LogP contribution in [0.25, 0.3) is 0 Å². The summed E-state index contributed by atoms with van der Waals surface area (Å²) in [4.78, 5) is 6.58. The van der Waals surface area contributed by atoms with E-state index in [1.165, 1.54) is 48.6 Å². The summed E-state index contributed by atoms with van der Waals surface area (Å²) in [6.07, 6.45) is 6.15. The van der Waals surface area contributed by atoms with E-state index in [0.29, 0.717) is 6.04 Å².